The molecule has 3 rings (SSSR count). The molecular formula is C16H13ClF5N3O. The Labute approximate surface area is 150 Å². The van der Waals surface area contributed by atoms with Crippen molar-refractivity contribution in [1.29, 1.82) is 0 Å². The van der Waals surface area contributed by atoms with Crippen LogP contribution >= 0.6 is 11.6 Å². The van der Waals surface area contributed by atoms with E-state index < -0.39 is 35.8 Å². The van der Waals surface area contributed by atoms with Crippen LogP contribution in [0.3, 0.4) is 0 Å². The third kappa shape index (κ3) is 3.15. The molecule has 0 saturated heterocycles. The normalized spacial score (nSPS) is 15.5. The standard InChI is InChI=1S/C16H13ClF5N3O/c1-7(15(21)22)24-3-2-9-13(16(24)26)23-25(14(9)17)6-8-4-11(19)12(20)5-10(8)18/h4-5,7,15H,2-3,6H2,1H3. The fourth-order valence-electron chi connectivity index (χ4n) is 2.82. The predicted octanol–water partition coefficient (Wildman–Crippen LogP) is 3.65. The van der Waals surface area contributed by atoms with Gasteiger partial charge in [-0.1, -0.05) is 11.6 Å². The minimum atomic E-state index is -2.71. The van der Waals surface area contributed by atoms with E-state index in [1.54, 1.807) is 0 Å². The van der Waals surface area contributed by atoms with Gasteiger partial charge in [-0.2, -0.15) is 5.10 Å². The van der Waals surface area contributed by atoms with Gasteiger partial charge in [0.2, 0.25) is 0 Å². The number of carbonyl (C=O) groups excluding carboxylic acids is 1. The van der Waals surface area contributed by atoms with Gasteiger partial charge >= 0.3 is 0 Å². The van der Waals surface area contributed by atoms with Crippen LogP contribution in [0.5, 0.6) is 0 Å². The summed E-state index contributed by atoms with van der Waals surface area (Å²) in [5.41, 5.74) is 0.0463. The van der Waals surface area contributed by atoms with Gasteiger partial charge in [0.25, 0.3) is 12.3 Å². The summed E-state index contributed by atoms with van der Waals surface area (Å²) in [6.07, 6.45) is -2.51. The molecule has 0 saturated carbocycles. The lowest BCUT2D eigenvalue weighted by Gasteiger charge is -2.31. The molecule has 2 heterocycles. The summed E-state index contributed by atoms with van der Waals surface area (Å²) in [5.74, 6) is -4.26. The van der Waals surface area contributed by atoms with E-state index in [2.05, 4.69) is 5.10 Å². The Morgan fingerprint density at radius 3 is 2.50 bits per heavy atom. The second-order valence-corrected chi connectivity index (χ2v) is 6.31. The van der Waals surface area contributed by atoms with E-state index in [4.69, 9.17) is 11.6 Å². The highest BCUT2D eigenvalue weighted by molar-refractivity contribution is 6.31. The molecule has 1 aromatic carbocycles. The first-order valence-corrected chi connectivity index (χ1v) is 8.06. The highest BCUT2D eigenvalue weighted by atomic mass is 35.5. The van der Waals surface area contributed by atoms with Crippen LogP contribution in [0.2, 0.25) is 5.15 Å². The number of hydrogen-bond acceptors (Lipinski definition) is 2. The first-order valence-electron chi connectivity index (χ1n) is 7.68. The van der Waals surface area contributed by atoms with Crippen LogP contribution in [0.15, 0.2) is 12.1 Å². The number of amides is 1. The number of benzene rings is 1. The van der Waals surface area contributed by atoms with E-state index in [-0.39, 0.29) is 35.9 Å². The summed E-state index contributed by atoms with van der Waals surface area (Å²) in [5, 5.41) is 4.01. The minimum Gasteiger partial charge on any atom is -0.328 e. The Bertz CT molecular complexity index is 870. The molecule has 0 bridgehead atoms. The molecule has 1 aliphatic rings. The molecule has 10 heteroatoms. The largest absolute Gasteiger partial charge is 0.328 e. The predicted molar refractivity (Wildman–Crippen MR) is 82.9 cm³/mol. The molecule has 0 aliphatic carbocycles. The number of aromatic nitrogens is 2. The van der Waals surface area contributed by atoms with Crippen molar-refractivity contribution in [3.05, 3.63) is 51.6 Å². The Balaban J connectivity index is 1.93. The lowest BCUT2D eigenvalue weighted by molar-refractivity contribution is 0.0254. The number of nitrogens with zero attached hydrogens (tertiary/aromatic N) is 3. The molecule has 1 unspecified atom stereocenters. The Morgan fingerprint density at radius 1 is 1.19 bits per heavy atom. The number of fused-ring (bicyclic) bond motifs is 1. The molecule has 1 amide bonds. The van der Waals surface area contributed by atoms with Crippen LogP contribution in [-0.2, 0) is 13.0 Å². The van der Waals surface area contributed by atoms with Crippen LogP contribution in [0.4, 0.5) is 22.0 Å². The van der Waals surface area contributed by atoms with Crippen LogP contribution < -0.4 is 0 Å². The maximum absolute atomic E-state index is 13.8. The highest BCUT2D eigenvalue weighted by Crippen LogP contribution is 2.29. The van der Waals surface area contributed by atoms with E-state index in [0.29, 0.717) is 17.7 Å². The lowest BCUT2D eigenvalue weighted by atomic mass is 10.1. The summed E-state index contributed by atoms with van der Waals surface area (Å²) in [4.78, 5) is 13.4. The monoisotopic (exact) mass is 393 g/mol. The van der Waals surface area contributed by atoms with Crippen LogP contribution in [-0.4, -0.2) is 39.6 Å². The highest BCUT2D eigenvalue weighted by Gasteiger charge is 2.36. The molecule has 0 radical (unpaired) electrons. The lowest BCUT2D eigenvalue weighted by Crippen LogP contribution is -2.46. The van der Waals surface area contributed by atoms with Crippen molar-refractivity contribution in [2.45, 2.75) is 32.4 Å². The first-order chi connectivity index (χ1) is 12.2. The van der Waals surface area contributed by atoms with Crippen molar-refractivity contribution >= 4 is 17.5 Å². The molecule has 140 valence electrons. The van der Waals surface area contributed by atoms with E-state index in [9.17, 15) is 26.7 Å². The Kier molecular flexibility index (Phi) is 4.92. The van der Waals surface area contributed by atoms with Gasteiger partial charge in [-0.05, 0) is 19.4 Å². The fourth-order valence-corrected chi connectivity index (χ4v) is 3.10. The second kappa shape index (κ2) is 6.86. The first kappa shape index (κ1) is 18.6. The molecule has 0 spiro atoms. The van der Waals surface area contributed by atoms with Crippen LogP contribution in [0.1, 0.15) is 28.5 Å². The molecular weight excluding hydrogens is 381 g/mol. The van der Waals surface area contributed by atoms with Gasteiger partial charge in [0.05, 0.1) is 12.6 Å². The third-order valence-electron chi connectivity index (χ3n) is 4.31. The van der Waals surface area contributed by atoms with Crippen LogP contribution in [0.25, 0.3) is 0 Å². The average molecular weight is 394 g/mol. The van der Waals surface area contributed by atoms with Gasteiger partial charge in [-0.3, -0.25) is 4.79 Å². The SMILES string of the molecule is CC(C(F)F)N1CCc2c(nn(Cc3cc(F)c(F)cc3F)c2Cl)C1=O. The van der Waals surface area contributed by atoms with Gasteiger partial charge in [0.1, 0.15) is 11.0 Å². The van der Waals surface area contributed by atoms with Gasteiger partial charge in [0.15, 0.2) is 17.3 Å². The molecule has 0 fully saturated rings. The van der Waals surface area contributed by atoms with Gasteiger partial charge < -0.3 is 4.90 Å². The van der Waals surface area contributed by atoms with Crippen molar-refractivity contribution in [2.75, 3.05) is 6.54 Å². The molecule has 1 atom stereocenters. The van der Waals surface area contributed by atoms with Gasteiger partial charge in [-0.15, -0.1) is 0 Å². The van der Waals surface area contributed by atoms with E-state index in [0.717, 1.165) is 9.58 Å². The summed E-state index contributed by atoms with van der Waals surface area (Å²) >= 11 is 6.16. The molecule has 2 aromatic rings. The summed E-state index contributed by atoms with van der Waals surface area (Å²) < 4.78 is 67.0. The third-order valence-corrected chi connectivity index (χ3v) is 4.74. The number of halogens is 6. The topological polar surface area (TPSA) is 38.1 Å². The number of hydrogen-bond donors (Lipinski definition) is 0. The van der Waals surface area contributed by atoms with Crippen molar-refractivity contribution in [3.63, 3.8) is 0 Å². The van der Waals surface area contributed by atoms with Crippen molar-refractivity contribution in [3.8, 4) is 0 Å². The average Bonchev–Trinajstić information content (AvgIpc) is 2.89. The molecule has 26 heavy (non-hydrogen) atoms. The summed E-state index contributed by atoms with van der Waals surface area (Å²) in [6.45, 7) is 0.928. The number of alkyl halides is 2. The maximum atomic E-state index is 13.8. The summed E-state index contributed by atoms with van der Waals surface area (Å²) in [7, 11) is 0. The molecule has 0 N–H and O–H groups in total. The quantitative estimate of drug-likeness (QED) is 0.587. The molecule has 1 aliphatic heterocycles. The number of carbonyl (C=O) groups is 1. The van der Waals surface area contributed by atoms with E-state index in [1.165, 1.54) is 6.92 Å². The molecule has 4 nitrogen and oxygen atoms in total. The zero-order valence-corrected chi connectivity index (χ0v) is 14.2. The Hall–Kier alpha value is -2.16. The zero-order valence-electron chi connectivity index (χ0n) is 13.4. The van der Waals surface area contributed by atoms with E-state index in [1.807, 2.05) is 0 Å². The smallest absolute Gasteiger partial charge is 0.275 e. The fraction of sp³-hybridized carbons (Fsp3) is 0.375. The maximum Gasteiger partial charge on any atom is 0.275 e. The number of rotatable bonds is 4. The van der Waals surface area contributed by atoms with Crippen molar-refractivity contribution in [1.82, 2.24) is 14.7 Å². The van der Waals surface area contributed by atoms with Crippen molar-refractivity contribution in [2.24, 2.45) is 0 Å². The van der Waals surface area contributed by atoms with Crippen LogP contribution in [0, 0.1) is 17.5 Å². The summed E-state index contributed by atoms with van der Waals surface area (Å²) in [6, 6.07) is -0.211. The second-order valence-electron chi connectivity index (χ2n) is 5.96. The van der Waals surface area contributed by atoms with E-state index >= 15 is 0 Å². The van der Waals surface area contributed by atoms with Gasteiger partial charge in [0, 0.05) is 23.7 Å². The Morgan fingerprint density at radius 2 is 1.85 bits per heavy atom. The molecule has 1 aromatic heterocycles. The minimum absolute atomic E-state index is 0.0295. The van der Waals surface area contributed by atoms with Crippen molar-refractivity contribution < 1.29 is 26.7 Å². The van der Waals surface area contributed by atoms with Gasteiger partial charge in [-0.25, -0.2) is 26.6 Å². The zero-order chi connectivity index (χ0) is 19.2.